The van der Waals surface area contributed by atoms with Crippen LogP contribution in [0.2, 0.25) is 0 Å². The van der Waals surface area contributed by atoms with Gasteiger partial charge in [-0.15, -0.1) is 11.3 Å². The van der Waals surface area contributed by atoms with E-state index in [0.29, 0.717) is 6.04 Å². The maximum atomic E-state index is 5.81. The highest BCUT2D eigenvalue weighted by atomic mass is 79.9. The fourth-order valence-electron chi connectivity index (χ4n) is 1.94. The Morgan fingerprint density at radius 2 is 2.20 bits per heavy atom. The van der Waals surface area contributed by atoms with E-state index in [-0.39, 0.29) is 0 Å². The van der Waals surface area contributed by atoms with Crippen LogP contribution in [-0.4, -0.2) is 6.61 Å². The summed E-state index contributed by atoms with van der Waals surface area (Å²) >= 11 is 5.31. The smallest absolute Gasteiger partial charge is 0.123 e. The van der Waals surface area contributed by atoms with Crippen molar-refractivity contribution in [1.29, 1.82) is 0 Å². The number of thiophene rings is 1. The molecule has 0 bridgehead atoms. The van der Waals surface area contributed by atoms with Gasteiger partial charge in [-0.05, 0) is 43.0 Å². The van der Waals surface area contributed by atoms with Crippen LogP contribution < -0.4 is 10.1 Å². The number of halogens is 1. The lowest BCUT2D eigenvalue weighted by Gasteiger charge is -2.15. The Kier molecular flexibility index (Phi) is 6.07. The van der Waals surface area contributed by atoms with Crippen LogP contribution in [0, 0.1) is 0 Å². The van der Waals surface area contributed by atoms with Crippen molar-refractivity contribution in [3.8, 4) is 5.75 Å². The Morgan fingerprint density at radius 3 is 2.90 bits per heavy atom. The molecule has 2 aromatic rings. The van der Waals surface area contributed by atoms with E-state index >= 15 is 0 Å². The number of benzene rings is 1. The molecule has 1 N–H and O–H groups in total. The fourth-order valence-corrected chi connectivity index (χ4v) is 3.11. The Hall–Kier alpha value is -0.840. The third-order valence-corrected chi connectivity index (χ3v) is 4.60. The lowest BCUT2D eigenvalue weighted by Crippen LogP contribution is -2.17. The highest BCUT2D eigenvalue weighted by Gasteiger charge is 2.09. The van der Waals surface area contributed by atoms with Crippen molar-refractivity contribution in [3.63, 3.8) is 0 Å². The van der Waals surface area contributed by atoms with Crippen molar-refractivity contribution in [2.45, 2.75) is 32.9 Å². The number of hydrogen-bond donors (Lipinski definition) is 1. The zero-order valence-corrected chi connectivity index (χ0v) is 14.3. The van der Waals surface area contributed by atoms with Crippen LogP contribution >= 0.6 is 27.3 Å². The zero-order chi connectivity index (χ0) is 14.4. The summed E-state index contributed by atoms with van der Waals surface area (Å²) < 4.78 is 6.89. The average molecular weight is 354 g/mol. The molecule has 1 aromatic carbocycles. The molecule has 0 radical (unpaired) electrons. The quantitative estimate of drug-likeness (QED) is 0.742. The minimum atomic E-state index is 0.355. The summed E-state index contributed by atoms with van der Waals surface area (Å²) in [5.41, 5.74) is 1.19. The second kappa shape index (κ2) is 7.81. The molecule has 0 fully saturated rings. The lowest BCUT2D eigenvalue weighted by atomic mass is 10.2. The minimum Gasteiger partial charge on any atom is -0.493 e. The highest BCUT2D eigenvalue weighted by Crippen LogP contribution is 2.25. The van der Waals surface area contributed by atoms with E-state index in [4.69, 9.17) is 4.74 Å². The van der Waals surface area contributed by atoms with Gasteiger partial charge in [0.05, 0.1) is 6.61 Å². The second-order valence-electron chi connectivity index (χ2n) is 4.72. The van der Waals surface area contributed by atoms with Gasteiger partial charge in [-0.1, -0.05) is 28.9 Å². The number of ether oxygens (including phenoxy) is 1. The summed E-state index contributed by atoms with van der Waals surface area (Å²) in [6.07, 6.45) is 1.02. The molecular formula is C16H20BrNOS. The number of nitrogens with one attached hydrogen (secondary N) is 1. The molecule has 0 aliphatic heterocycles. The summed E-state index contributed by atoms with van der Waals surface area (Å²) in [6.45, 7) is 5.87. The molecule has 108 valence electrons. The van der Waals surface area contributed by atoms with Gasteiger partial charge in [0, 0.05) is 27.5 Å². The first-order chi connectivity index (χ1) is 9.70. The van der Waals surface area contributed by atoms with E-state index in [0.717, 1.165) is 29.8 Å². The summed E-state index contributed by atoms with van der Waals surface area (Å²) in [5, 5.41) is 5.67. The maximum Gasteiger partial charge on any atom is 0.123 e. The van der Waals surface area contributed by atoms with E-state index in [1.165, 1.54) is 10.4 Å². The Bertz CT molecular complexity index is 527. The summed E-state index contributed by atoms with van der Waals surface area (Å²) in [6, 6.07) is 10.8. The molecule has 4 heteroatoms. The molecule has 2 rings (SSSR count). The number of rotatable bonds is 7. The van der Waals surface area contributed by atoms with Crippen LogP contribution in [0.15, 0.2) is 40.2 Å². The summed E-state index contributed by atoms with van der Waals surface area (Å²) in [5.74, 6) is 0.973. The highest BCUT2D eigenvalue weighted by molar-refractivity contribution is 9.10. The summed E-state index contributed by atoms with van der Waals surface area (Å²) in [4.78, 5) is 1.36. The van der Waals surface area contributed by atoms with Crippen LogP contribution in [0.4, 0.5) is 0 Å². The first-order valence-corrected chi connectivity index (χ1v) is 8.56. The largest absolute Gasteiger partial charge is 0.493 e. The predicted molar refractivity (Wildman–Crippen MR) is 89.5 cm³/mol. The zero-order valence-electron chi connectivity index (χ0n) is 11.9. The average Bonchev–Trinajstić information content (AvgIpc) is 2.98. The van der Waals surface area contributed by atoms with Gasteiger partial charge < -0.3 is 10.1 Å². The van der Waals surface area contributed by atoms with E-state index in [9.17, 15) is 0 Å². The molecule has 20 heavy (non-hydrogen) atoms. The van der Waals surface area contributed by atoms with Crippen LogP contribution in [0.3, 0.4) is 0 Å². The van der Waals surface area contributed by atoms with Crippen LogP contribution in [0.5, 0.6) is 5.75 Å². The molecule has 0 saturated carbocycles. The van der Waals surface area contributed by atoms with Crippen LogP contribution in [0.1, 0.15) is 36.8 Å². The molecule has 1 atom stereocenters. The molecule has 1 heterocycles. The fraction of sp³-hybridized carbons (Fsp3) is 0.375. The molecule has 2 nitrogen and oxygen atoms in total. The van der Waals surface area contributed by atoms with Gasteiger partial charge in [0.1, 0.15) is 5.75 Å². The first-order valence-electron chi connectivity index (χ1n) is 6.88. The van der Waals surface area contributed by atoms with E-state index in [1.54, 1.807) is 11.3 Å². The minimum absolute atomic E-state index is 0.355. The Morgan fingerprint density at radius 1 is 1.35 bits per heavy atom. The van der Waals surface area contributed by atoms with Gasteiger partial charge in [0.2, 0.25) is 0 Å². The monoisotopic (exact) mass is 353 g/mol. The predicted octanol–water partition coefficient (Wildman–Crippen LogP) is 5.15. The number of hydrogen-bond acceptors (Lipinski definition) is 3. The molecule has 0 aliphatic carbocycles. The van der Waals surface area contributed by atoms with E-state index < -0.39 is 0 Å². The first kappa shape index (κ1) is 15.5. The molecule has 0 aliphatic rings. The van der Waals surface area contributed by atoms with Gasteiger partial charge in [0.25, 0.3) is 0 Å². The maximum absolute atomic E-state index is 5.81. The third kappa shape index (κ3) is 4.33. The van der Waals surface area contributed by atoms with Crippen molar-refractivity contribution in [2.75, 3.05) is 6.61 Å². The van der Waals surface area contributed by atoms with Gasteiger partial charge in [0.15, 0.2) is 0 Å². The normalized spacial score (nSPS) is 12.3. The molecule has 0 unspecified atom stereocenters. The SMILES string of the molecule is CCCOc1ccc(Br)cc1CN[C@@H](C)c1cccs1. The molecule has 1 aromatic heterocycles. The van der Waals surface area contributed by atoms with E-state index in [1.807, 2.05) is 12.1 Å². The van der Waals surface area contributed by atoms with Gasteiger partial charge in [-0.3, -0.25) is 0 Å². The topological polar surface area (TPSA) is 21.3 Å². The van der Waals surface area contributed by atoms with Crippen molar-refractivity contribution in [2.24, 2.45) is 0 Å². The van der Waals surface area contributed by atoms with Crippen molar-refractivity contribution in [1.82, 2.24) is 5.32 Å². The third-order valence-electron chi connectivity index (χ3n) is 3.05. The van der Waals surface area contributed by atoms with Crippen molar-refractivity contribution >= 4 is 27.3 Å². The Balaban J connectivity index is 2.02. The van der Waals surface area contributed by atoms with Crippen molar-refractivity contribution in [3.05, 3.63) is 50.6 Å². The standard InChI is InChI=1S/C16H20BrNOS/c1-3-8-19-15-7-6-14(17)10-13(15)11-18-12(2)16-5-4-9-20-16/h4-7,9-10,12,18H,3,8,11H2,1-2H3/t12-/m0/s1. The second-order valence-corrected chi connectivity index (χ2v) is 6.61. The van der Waals surface area contributed by atoms with Crippen LogP contribution in [-0.2, 0) is 6.54 Å². The molecule has 0 saturated heterocycles. The van der Waals surface area contributed by atoms with E-state index in [2.05, 4.69) is 58.7 Å². The molecular weight excluding hydrogens is 334 g/mol. The van der Waals surface area contributed by atoms with Crippen LogP contribution in [0.25, 0.3) is 0 Å². The van der Waals surface area contributed by atoms with Gasteiger partial charge in [-0.2, -0.15) is 0 Å². The summed E-state index contributed by atoms with van der Waals surface area (Å²) in [7, 11) is 0. The molecule has 0 amide bonds. The molecule has 0 spiro atoms. The van der Waals surface area contributed by atoms with Gasteiger partial charge in [-0.25, -0.2) is 0 Å². The Labute approximate surface area is 133 Å². The lowest BCUT2D eigenvalue weighted by molar-refractivity contribution is 0.313. The van der Waals surface area contributed by atoms with Crippen molar-refractivity contribution < 1.29 is 4.74 Å². The van der Waals surface area contributed by atoms with Gasteiger partial charge >= 0.3 is 0 Å².